The van der Waals surface area contributed by atoms with E-state index in [1.807, 2.05) is 48.5 Å². The van der Waals surface area contributed by atoms with Crippen LogP contribution < -0.4 is 4.74 Å². The summed E-state index contributed by atoms with van der Waals surface area (Å²) in [6, 6.07) is 27.0. The van der Waals surface area contributed by atoms with E-state index in [4.69, 9.17) is 9.47 Å². The molecule has 0 amide bonds. The van der Waals surface area contributed by atoms with Crippen molar-refractivity contribution in [1.82, 2.24) is 0 Å². The van der Waals surface area contributed by atoms with E-state index in [0.29, 0.717) is 13.2 Å². The smallest absolute Gasteiger partial charge is 0.127 e. The van der Waals surface area contributed by atoms with Crippen LogP contribution in [0.5, 0.6) is 11.5 Å². The van der Waals surface area contributed by atoms with Crippen LogP contribution in [0.2, 0.25) is 0 Å². The highest BCUT2D eigenvalue weighted by atomic mass is 16.5. The van der Waals surface area contributed by atoms with Crippen molar-refractivity contribution in [2.45, 2.75) is 52.1 Å². The molecule has 2 heteroatoms. The van der Waals surface area contributed by atoms with Crippen LogP contribution in [0, 0.1) is 0 Å². The summed E-state index contributed by atoms with van der Waals surface area (Å²) in [5, 5.41) is 0. The Morgan fingerprint density at radius 1 is 0.759 bits per heavy atom. The van der Waals surface area contributed by atoms with E-state index < -0.39 is 0 Å². The van der Waals surface area contributed by atoms with Crippen LogP contribution in [0.4, 0.5) is 0 Å². The van der Waals surface area contributed by atoms with E-state index in [0.717, 1.165) is 23.5 Å². The van der Waals surface area contributed by atoms with Gasteiger partial charge in [0.2, 0.25) is 0 Å². The zero-order chi connectivity index (χ0) is 20.5. The minimum atomic E-state index is -0.0264. The average molecular weight is 389 g/mol. The third-order valence-corrected chi connectivity index (χ3v) is 5.16. The zero-order valence-electron chi connectivity index (χ0n) is 17.9. The van der Waals surface area contributed by atoms with Gasteiger partial charge in [-0.05, 0) is 53.8 Å². The molecule has 0 radical (unpaired) electrons. The molecule has 0 bridgehead atoms. The van der Waals surface area contributed by atoms with Gasteiger partial charge in [0.05, 0.1) is 13.2 Å². The molecule has 0 fully saturated rings. The molecule has 0 saturated carbocycles. The van der Waals surface area contributed by atoms with Crippen molar-refractivity contribution in [2.24, 2.45) is 0 Å². The molecule has 0 aromatic heterocycles. The monoisotopic (exact) mass is 388 g/mol. The van der Waals surface area contributed by atoms with Crippen LogP contribution in [0.25, 0.3) is 0 Å². The van der Waals surface area contributed by atoms with Gasteiger partial charge in [-0.25, -0.2) is 0 Å². The Morgan fingerprint density at radius 3 is 2.21 bits per heavy atom. The number of aryl methyl sites for hydroxylation is 1. The van der Waals surface area contributed by atoms with Gasteiger partial charge in [-0.3, -0.25) is 0 Å². The fourth-order valence-corrected chi connectivity index (χ4v) is 3.33. The van der Waals surface area contributed by atoms with Crippen molar-refractivity contribution in [3.8, 4) is 11.5 Å². The second-order valence-corrected chi connectivity index (χ2v) is 8.24. The second-order valence-electron chi connectivity index (χ2n) is 8.24. The molecule has 3 rings (SSSR count). The quantitative estimate of drug-likeness (QED) is 0.362. The molecule has 0 spiro atoms. The first-order chi connectivity index (χ1) is 14.1. The predicted octanol–water partition coefficient (Wildman–Crippen LogP) is 7.32. The number of ether oxygens (including phenoxy) is 2. The molecule has 0 aliphatic carbocycles. The second kappa shape index (κ2) is 10.3. The van der Waals surface area contributed by atoms with Crippen LogP contribution >= 0.6 is 0 Å². The van der Waals surface area contributed by atoms with Crippen molar-refractivity contribution in [3.05, 3.63) is 95.6 Å². The van der Waals surface area contributed by atoms with Crippen molar-refractivity contribution >= 4 is 0 Å². The van der Waals surface area contributed by atoms with Gasteiger partial charge in [0.15, 0.2) is 0 Å². The molecule has 0 aliphatic rings. The Balaban J connectivity index is 1.54. The fourth-order valence-electron chi connectivity index (χ4n) is 3.33. The Morgan fingerprint density at radius 2 is 1.48 bits per heavy atom. The molecule has 0 atom stereocenters. The number of rotatable bonds is 10. The van der Waals surface area contributed by atoms with Gasteiger partial charge >= 0.3 is 0 Å². The van der Waals surface area contributed by atoms with Crippen LogP contribution in [-0.4, -0.2) is 6.61 Å². The van der Waals surface area contributed by atoms with Gasteiger partial charge in [-0.1, -0.05) is 81.8 Å². The Kier molecular flexibility index (Phi) is 7.48. The lowest BCUT2D eigenvalue weighted by atomic mass is 9.85. The van der Waals surface area contributed by atoms with Crippen LogP contribution in [0.3, 0.4) is 0 Å². The topological polar surface area (TPSA) is 18.5 Å². The lowest BCUT2D eigenvalue weighted by Crippen LogP contribution is -2.24. The summed E-state index contributed by atoms with van der Waals surface area (Å²) < 4.78 is 12.0. The predicted molar refractivity (Wildman–Crippen MR) is 121 cm³/mol. The number of unbranched alkanes of at least 4 members (excludes halogenated alkanes) is 1. The standard InChI is InChI=1S/C27H32O2/c1-4-5-10-22-15-17-24(18-16-22)27(2,3)21-28-20-23-11-9-14-26(19-23)29-25-12-7-6-8-13-25/h6-9,11-19H,4-5,10,20-21H2,1-3H3. The normalized spacial score (nSPS) is 11.4. The van der Waals surface area contributed by atoms with Crippen molar-refractivity contribution in [3.63, 3.8) is 0 Å². The lowest BCUT2D eigenvalue weighted by molar-refractivity contribution is 0.0824. The molecule has 0 unspecified atom stereocenters. The van der Waals surface area contributed by atoms with Gasteiger partial charge < -0.3 is 9.47 Å². The van der Waals surface area contributed by atoms with Gasteiger partial charge in [0, 0.05) is 5.41 Å². The van der Waals surface area contributed by atoms with Crippen molar-refractivity contribution < 1.29 is 9.47 Å². The molecule has 2 nitrogen and oxygen atoms in total. The van der Waals surface area contributed by atoms with E-state index in [-0.39, 0.29) is 5.41 Å². The van der Waals surface area contributed by atoms with Gasteiger partial charge in [0.1, 0.15) is 11.5 Å². The summed E-state index contributed by atoms with van der Waals surface area (Å²) in [4.78, 5) is 0. The van der Waals surface area contributed by atoms with E-state index in [2.05, 4.69) is 51.1 Å². The molecule has 3 aromatic carbocycles. The first-order valence-corrected chi connectivity index (χ1v) is 10.6. The minimum Gasteiger partial charge on any atom is -0.457 e. The molecule has 3 aromatic rings. The number of para-hydroxylation sites is 1. The van der Waals surface area contributed by atoms with E-state index in [9.17, 15) is 0 Å². The maximum absolute atomic E-state index is 6.08. The summed E-state index contributed by atoms with van der Waals surface area (Å²) >= 11 is 0. The Hall–Kier alpha value is -2.58. The lowest BCUT2D eigenvalue weighted by Gasteiger charge is -2.25. The van der Waals surface area contributed by atoms with Crippen molar-refractivity contribution in [2.75, 3.05) is 6.61 Å². The molecular formula is C27H32O2. The maximum atomic E-state index is 6.08. The zero-order valence-corrected chi connectivity index (χ0v) is 17.9. The molecule has 152 valence electrons. The number of hydrogen-bond donors (Lipinski definition) is 0. The van der Waals surface area contributed by atoms with Crippen LogP contribution in [0.1, 0.15) is 50.3 Å². The highest BCUT2D eigenvalue weighted by Gasteiger charge is 2.21. The molecule has 0 N–H and O–H groups in total. The maximum Gasteiger partial charge on any atom is 0.127 e. The van der Waals surface area contributed by atoms with Gasteiger partial charge in [-0.2, -0.15) is 0 Å². The molecular weight excluding hydrogens is 356 g/mol. The third-order valence-electron chi connectivity index (χ3n) is 5.16. The van der Waals surface area contributed by atoms with E-state index >= 15 is 0 Å². The highest BCUT2D eigenvalue weighted by Crippen LogP contribution is 2.26. The van der Waals surface area contributed by atoms with E-state index in [1.165, 1.54) is 24.0 Å². The largest absolute Gasteiger partial charge is 0.457 e. The minimum absolute atomic E-state index is 0.0264. The van der Waals surface area contributed by atoms with Gasteiger partial charge in [-0.15, -0.1) is 0 Å². The SMILES string of the molecule is CCCCc1ccc(C(C)(C)COCc2cccc(Oc3ccccc3)c2)cc1. The Labute approximate surface area is 175 Å². The molecule has 0 heterocycles. The number of benzene rings is 3. The molecule has 0 saturated heterocycles. The first kappa shape index (κ1) is 21.1. The van der Waals surface area contributed by atoms with Gasteiger partial charge in [0.25, 0.3) is 0 Å². The van der Waals surface area contributed by atoms with Crippen LogP contribution in [0.15, 0.2) is 78.9 Å². The average Bonchev–Trinajstić information content (AvgIpc) is 2.73. The van der Waals surface area contributed by atoms with Crippen LogP contribution in [-0.2, 0) is 23.2 Å². The van der Waals surface area contributed by atoms with E-state index in [1.54, 1.807) is 0 Å². The first-order valence-electron chi connectivity index (χ1n) is 10.6. The summed E-state index contributed by atoms with van der Waals surface area (Å²) in [5.74, 6) is 1.67. The third kappa shape index (κ3) is 6.47. The highest BCUT2D eigenvalue weighted by molar-refractivity contribution is 5.33. The summed E-state index contributed by atoms with van der Waals surface area (Å²) in [6.45, 7) is 7.96. The molecule has 0 aliphatic heterocycles. The summed E-state index contributed by atoms with van der Waals surface area (Å²) in [7, 11) is 0. The van der Waals surface area contributed by atoms with Crippen molar-refractivity contribution in [1.29, 1.82) is 0 Å². The Bertz CT molecular complexity index is 867. The summed E-state index contributed by atoms with van der Waals surface area (Å²) in [6.07, 6.45) is 3.65. The molecule has 29 heavy (non-hydrogen) atoms. The fraction of sp³-hybridized carbons (Fsp3) is 0.333. The summed E-state index contributed by atoms with van der Waals surface area (Å²) in [5.41, 5.74) is 3.83. The number of hydrogen-bond acceptors (Lipinski definition) is 2.